The molecule has 1 saturated heterocycles. The van der Waals surface area contributed by atoms with Crippen molar-refractivity contribution in [3.05, 3.63) is 36.0 Å². The Morgan fingerprint density at radius 2 is 2.21 bits per heavy atom. The zero-order valence-electron chi connectivity index (χ0n) is 13.9. The number of aromatic nitrogens is 2. The first-order valence-electron chi connectivity index (χ1n) is 7.87. The van der Waals surface area contributed by atoms with E-state index in [1.807, 2.05) is 31.3 Å². The van der Waals surface area contributed by atoms with E-state index < -0.39 is 0 Å². The molecule has 1 amide bonds. The van der Waals surface area contributed by atoms with Crippen LogP contribution in [0.3, 0.4) is 0 Å². The molecule has 2 N–H and O–H groups in total. The summed E-state index contributed by atoms with van der Waals surface area (Å²) in [7, 11) is 3.44. The lowest BCUT2D eigenvalue weighted by molar-refractivity contribution is 0.0931. The molecule has 0 radical (unpaired) electrons. The number of ether oxygens (including phenoxy) is 1. The van der Waals surface area contributed by atoms with Crippen LogP contribution < -0.4 is 15.4 Å². The third kappa shape index (κ3) is 3.88. The summed E-state index contributed by atoms with van der Waals surface area (Å²) in [6.07, 6.45) is 3.84. The minimum atomic E-state index is -0.0901. The van der Waals surface area contributed by atoms with Crippen molar-refractivity contribution < 1.29 is 9.53 Å². The molecule has 1 aliphatic heterocycles. The number of benzene rings is 1. The second kappa shape index (κ2) is 8.17. The predicted octanol–water partition coefficient (Wildman–Crippen LogP) is 2.00. The Morgan fingerprint density at radius 3 is 2.92 bits per heavy atom. The van der Waals surface area contributed by atoms with Crippen molar-refractivity contribution in [2.75, 3.05) is 20.2 Å². The normalized spacial score (nSPS) is 17.0. The lowest BCUT2D eigenvalue weighted by atomic mass is 10.0. The highest BCUT2D eigenvalue weighted by atomic mass is 35.5. The molecule has 130 valence electrons. The number of nitrogens with zero attached hydrogens (tertiary/aromatic N) is 2. The number of rotatable bonds is 4. The van der Waals surface area contributed by atoms with Crippen LogP contribution >= 0.6 is 12.4 Å². The number of para-hydroxylation sites is 1. The van der Waals surface area contributed by atoms with Gasteiger partial charge in [-0.2, -0.15) is 5.10 Å². The van der Waals surface area contributed by atoms with Gasteiger partial charge in [-0.25, -0.2) is 0 Å². The van der Waals surface area contributed by atoms with Crippen molar-refractivity contribution in [1.29, 1.82) is 0 Å². The number of halogens is 1. The van der Waals surface area contributed by atoms with Gasteiger partial charge < -0.3 is 15.4 Å². The third-order valence-electron chi connectivity index (χ3n) is 4.07. The van der Waals surface area contributed by atoms with Crippen LogP contribution in [0.25, 0.3) is 11.3 Å². The van der Waals surface area contributed by atoms with E-state index in [1.54, 1.807) is 18.0 Å². The number of aryl methyl sites for hydroxylation is 1. The fourth-order valence-corrected chi connectivity index (χ4v) is 2.93. The monoisotopic (exact) mass is 350 g/mol. The first-order chi connectivity index (χ1) is 11.2. The van der Waals surface area contributed by atoms with Gasteiger partial charge in [-0.1, -0.05) is 12.1 Å². The van der Waals surface area contributed by atoms with Crippen molar-refractivity contribution in [2.45, 2.75) is 18.9 Å². The smallest absolute Gasteiger partial charge is 0.255 e. The van der Waals surface area contributed by atoms with Crippen molar-refractivity contribution in [3.8, 4) is 17.0 Å². The van der Waals surface area contributed by atoms with Gasteiger partial charge in [0.1, 0.15) is 11.4 Å². The van der Waals surface area contributed by atoms with Crippen LogP contribution in [0.4, 0.5) is 0 Å². The number of hydrogen-bond donors (Lipinski definition) is 2. The Bertz CT molecular complexity index is 696. The summed E-state index contributed by atoms with van der Waals surface area (Å²) >= 11 is 0. The van der Waals surface area contributed by atoms with Gasteiger partial charge in [-0.15, -0.1) is 12.4 Å². The van der Waals surface area contributed by atoms with Gasteiger partial charge in [0.2, 0.25) is 0 Å². The highest BCUT2D eigenvalue weighted by Crippen LogP contribution is 2.30. The lowest BCUT2D eigenvalue weighted by Crippen LogP contribution is -2.45. The minimum absolute atomic E-state index is 0. The Kier molecular flexibility index (Phi) is 6.23. The molecule has 0 unspecified atom stereocenters. The van der Waals surface area contributed by atoms with E-state index in [2.05, 4.69) is 15.7 Å². The summed E-state index contributed by atoms with van der Waals surface area (Å²) in [5, 5.41) is 10.9. The molecule has 0 bridgehead atoms. The van der Waals surface area contributed by atoms with Crippen molar-refractivity contribution >= 4 is 18.3 Å². The molecular weight excluding hydrogens is 328 g/mol. The molecule has 1 fully saturated rings. The van der Waals surface area contributed by atoms with Gasteiger partial charge >= 0.3 is 0 Å². The number of nitrogens with one attached hydrogen (secondary N) is 2. The van der Waals surface area contributed by atoms with Crippen LogP contribution in [0.5, 0.6) is 5.75 Å². The fraction of sp³-hybridized carbons (Fsp3) is 0.412. The quantitative estimate of drug-likeness (QED) is 0.885. The number of carbonyl (C=O) groups excluding carboxylic acids is 1. The molecule has 7 heteroatoms. The lowest BCUT2D eigenvalue weighted by Gasteiger charge is -2.23. The zero-order chi connectivity index (χ0) is 16.2. The predicted molar refractivity (Wildman–Crippen MR) is 95.8 cm³/mol. The Balaban J connectivity index is 0.00000208. The van der Waals surface area contributed by atoms with Crippen molar-refractivity contribution in [2.24, 2.45) is 7.05 Å². The Labute approximate surface area is 148 Å². The maximum Gasteiger partial charge on any atom is 0.255 e. The number of amides is 1. The summed E-state index contributed by atoms with van der Waals surface area (Å²) in [6.45, 7) is 1.84. The van der Waals surface area contributed by atoms with E-state index in [1.165, 1.54) is 0 Å². The molecule has 3 rings (SSSR count). The topological polar surface area (TPSA) is 68.2 Å². The van der Waals surface area contributed by atoms with Gasteiger partial charge in [0.25, 0.3) is 5.91 Å². The third-order valence-corrected chi connectivity index (χ3v) is 4.07. The van der Waals surface area contributed by atoms with Crippen LogP contribution in [0.15, 0.2) is 30.5 Å². The average molecular weight is 351 g/mol. The van der Waals surface area contributed by atoms with Gasteiger partial charge in [-0.3, -0.25) is 9.48 Å². The second-order valence-corrected chi connectivity index (χ2v) is 5.78. The van der Waals surface area contributed by atoms with Crippen LogP contribution in [0.2, 0.25) is 0 Å². The molecule has 0 aliphatic carbocycles. The number of carbonyl (C=O) groups is 1. The summed E-state index contributed by atoms with van der Waals surface area (Å²) in [5.74, 6) is 0.618. The minimum Gasteiger partial charge on any atom is -0.496 e. The second-order valence-electron chi connectivity index (χ2n) is 5.78. The van der Waals surface area contributed by atoms with Crippen LogP contribution in [0.1, 0.15) is 23.2 Å². The molecule has 2 heterocycles. The molecule has 1 aromatic heterocycles. The maximum atomic E-state index is 12.7. The largest absolute Gasteiger partial charge is 0.496 e. The molecule has 1 aromatic carbocycles. The molecule has 1 aliphatic rings. The average Bonchev–Trinajstić information content (AvgIpc) is 2.97. The first-order valence-corrected chi connectivity index (χ1v) is 7.87. The van der Waals surface area contributed by atoms with Crippen LogP contribution in [-0.4, -0.2) is 41.9 Å². The van der Waals surface area contributed by atoms with Crippen LogP contribution in [0, 0.1) is 0 Å². The van der Waals surface area contributed by atoms with E-state index in [0.717, 1.165) is 31.5 Å². The van der Waals surface area contributed by atoms with E-state index in [0.29, 0.717) is 17.0 Å². The molecule has 24 heavy (non-hydrogen) atoms. The van der Waals surface area contributed by atoms with Crippen molar-refractivity contribution in [1.82, 2.24) is 20.4 Å². The molecule has 0 saturated carbocycles. The molecule has 1 atom stereocenters. The van der Waals surface area contributed by atoms with E-state index in [-0.39, 0.29) is 24.4 Å². The highest BCUT2D eigenvalue weighted by Gasteiger charge is 2.22. The maximum absolute atomic E-state index is 12.7. The fourth-order valence-electron chi connectivity index (χ4n) is 2.93. The molecule has 6 nitrogen and oxygen atoms in total. The molecule has 2 aromatic rings. The molecule has 0 spiro atoms. The van der Waals surface area contributed by atoms with E-state index >= 15 is 0 Å². The van der Waals surface area contributed by atoms with Gasteiger partial charge in [-0.05, 0) is 31.5 Å². The van der Waals surface area contributed by atoms with E-state index in [4.69, 9.17) is 4.74 Å². The van der Waals surface area contributed by atoms with Crippen LogP contribution in [-0.2, 0) is 7.05 Å². The van der Waals surface area contributed by atoms with Crippen molar-refractivity contribution in [3.63, 3.8) is 0 Å². The Morgan fingerprint density at radius 1 is 1.42 bits per heavy atom. The number of piperidine rings is 1. The summed E-state index contributed by atoms with van der Waals surface area (Å²) in [5.41, 5.74) is 2.04. The summed E-state index contributed by atoms with van der Waals surface area (Å²) in [6, 6.07) is 7.77. The summed E-state index contributed by atoms with van der Waals surface area (Å²) < 4.78 is 7.07. The van der Waals surface area contributed by atoms with Gasteiger partial charge in [0, 0.05) is 31.4 Å². The zero-order valence-corrected chi connectivity index (χ0v) is 14.7. The summed E-state index contributed by atoms with van der Waals surface area (Å²) in [4.78, 5) is 12.7. The van der Waals surface area contributed by atoms with Gasteiger partial charge in [0.05, 0.1) is 12.7 Å². The number of hydrogen-bond acceptors (Lipinski definition) is 4. The number of methoxy groups -OCH3 is 1. The van der Waals surface area contributed by atoms with E-state index in [9.17, 15) is 4.79 Å². The highest BCUT2D eigenvalue weighted by molar-refractivity contribution is 6.00. The van der Waals surface area contributed by atoms with Gasteiger partial charge in [0.15, 0.2) is 0 Å². The SMILES string of the molecule is COc1ccccc1-c1nn(C)cc1C(=O)N[C@H]1CCCNC1.Cl. The Hall–Kier alpha value is -2.05. The molecular formula is C17H23ClN4O2. The standard InChI is InChI=1S/C17H22N4O2.ClH/c1-21-11-14(17(22)19-12-6-5-9-18-10-12)16(20-21)13-7-3-4-8-15(13)23-2;/h3-4,7-8,11-12,18H,5-6,9-10H2,1-2H3,(H,19,22);1H/t12-;/m0./s1. The first kappa shape index (κ1) is 18.3.